The van der Waals surface area contributed by atoms with E-state index in [9.17, 15) is 4.79 Å². The van der Waals surface area contributed by atoms with Gasteiger partial charge in [-0.3, -0.25) is 4.79 Å². The van der Waals surface area contributed by atoms with E-state index < -0.39 is 5.97 Å². The molecule has 0 heterocycles. The molecule has 19 heavy (non-hydrogen) atoms. The van der Waals surface area contributed by atoms with E-state index in [4.69, 9.17) is 5.11 Å². The van der Waals surface area contributed by atoms with Crippen LogP contribution in [0.25, 0.3) is 0 Å². The van der Waals surface area contributed by atoms with Crippen LogP contribution in [0.2, 0.25) is 0 Å². The highest BCUT2D eigenvalue weighted by molar-refractivity contribution is 8.14. The first-order chi connectivity index (χ1) is 9.25. The van der Waals surface area contributed by atoms with Crippen molar-refractivity contribution in [1.29, 1.82) is 0 Å². The molecule has 4 heteroatoms. The van der Waals surface area contributed by atoms with Crippen LogP contribution in [0.15, 0.2) is 65.7 Å². The molecule has 0 aliphatic carbocycles. The zero-order valence-electron chi connectivity index (χ0n) is 10.2. The minimum absolute atomic E-state index is 0.000557. The van der Waals surface area contributed by atoms with Crippen LogP contribution < -0.4 is 0 Å². The van der Waals surface area contributed by atoms with Crippen LogP contribution in [0.3, 0.4) is 0 Å². The van der Waals surface area contributed by atoms with Crippen LogP contribution in [-0.2, 0) is 4.79 Å². The molecule has 2 aromatic carbocycles. The number of benzene rings is 2. The van der Waals surface area contributed by atoms with E-state index in [0.29, 0.717) is 5.04 Å². The molecule has 1 N–H and O–H groups in total. The van der Waals surface area contributed by atoms with Crippen molar-refractivity contribution in [3.05, 3.63) is 66.2 Å². The van der Waals surface area contributed by atoms with Gasteiger partial charge in [0.1, 0.15) is 5.04 Å². The molecule has 2 rings (SSSR count). The van der Waals surface area contributed by atoms with Crippen LogP contribution in [0, 0.1) is 0 Å². The van der Waals surface area contributed by atoms with E-state index in [-0.39, 0.29) is 5.75 Å². The van der Waals surface area contributed by atoms with E-state index in [1.807, 2.05) is 60.7 Å². The Morgan fingerprint density at radius 1 is 1.00 bits per heavy atom. The molecule has 0 aliphatic heterocycles. The predicted molar refractivity (Wildman–Crippen MR) is 79.2 cm³/mol. The van der Waals surface area contributed by atoms with Crippen LogP contribution >= 0.6 is 11.8 Å². The molecular formula is C15H13NO2S. The summed E-state index contributed by atoms with van der Waals surface area (Å²) in [7, 11) is 0. The molecule has 0 aromatic heterocycles. The van der Waals surface area contributed by atoms with Crippen LogP contribution in [0.4, 0.5) is 5.69 Å². The zero-order chi connectivity index (χ0) is 13.5. The molecular weight excluding hydrogens is 258 g/mol. The van der Waals surface area contributed by atoms with E-state index in [2.05, 4.69) is 4.99 Å². The number of rotatable bonds is 4. The number of aliphatic carboxylic acids is 1. The molecule has 0 fully saturated rings. The monoisotopic (exact) mass is 271 g/mol. The number of para-hydroxylation sites is 1. The largest absolute Gasteiger partial charge is 0.481 e. The second-order valence-corrected chi connectivity index (χ2v) is 4.76. The first-order valence-electron chi connectivity index (χ1n) is 5.79. The van der Waals surface area contributed by atoms with Crippen molar-refractivity contribution in [3.8, 4) is 0 Å². The van der Waals surface area contributed by atoms with Crippen molar-refractivity contribution < 1.29 is 9.90 Å². The normalized spacial score (nSPS) is 11.3. The van der Waals surface area contributed by atoms with E-state index >= 15 is 0 Å². The Labute approximate surface area is 116 Å². The highest BCUT2D eigenvalue weighted by Crippen LogP contribution is 2.19. The van der Waals surface area contributed by atoms with Gasteiger partial charge in [0.25, 0.3) is 0 Å². The fourth-order valence-corrected chi connectivity index (χ4v) is 2.24. The summed E-state index contributed by atoms with van der Waals surface area (Å²) < 4.78 is 0. The van der Waals surface area contributed by atoms with Gasteiger partial charge in [-0.15, -0.1) is 0 Å². The third-order valence-electron chi connectivity index (χ3n) is 2.34. The lowest BCUT2D eigenvalue weighted by Gasteiger charge is -2.05. The number of carboxylic acids is 1. The molecule has 0 radical (unpaired) electrons. The maximum atomic E-state index is 10.7. The molecule has 0 bridgehead atoms. The third-order valence-corrected chi connectivity index (χ3v) is 3.33. The van der Waals surface area contributed by atoms with Gasteiger partial charge in [0.05, 0.1) is 11.4 Å². The lowest BCUT2D eigenvalue weighted by Crippen LogP contribution is -2.03. The predicted octanol–water partition coefficient (Wildman–Crippen LogP) is 3.58. The van der Waals surface area contributed by atoms with Crippen molar-refractivity contribution in [2.75, 3.05) is 5.75 Å². The van der Waals surface area contributed by atoms with Crippen molar-refractivity contribution in [3.63, 3.8) is 0 Å². The fraction of sp³-hybridized carbons (Fsp3) is 0.0667. The summed E-state index contributed by atoms with van der Waals surface area (Å²) in [6, 6.07) is 19.1. The highest BCUT2D eigenvalue weighted by Gasteiger charge is 2.07. The van der Waals surface area contributed by atoms with Crippen molar-refractivity contribution in [2.24, 2.45) is 4.99 Å². The maximum Gasteiger partial charge on any atom is 0.313 e. The van der Waals surface area contributed by atoms with Gasteiger partial charge in [-0.05, 0) is 12.1 Å². The maximum absolute atomic E-state index is 10.7. The second-order valence-electron chi connectivity index (χ2n) is 3.80. The van der Waals surface area contributed by atoms with Gasteiger partial charge in [-0.1, -0.05) is 60.3 Å². The van der Waals surface area contributed by atoms with E-state index in [1.165, 1.54) is 11.8 Å². The molecule has 0 aliphatic rings. The Morgan fingerprint density at radius 3 is 2.16 bits per heavy atom. The first kappa shape index (κ1) is 13.4. The summed E-state index contributed by atoms with van der Waals surface area (Å²) in [5, 5.41) is 9.52. The molecule has 3 nitrogen and oxygen atoms in total. The van der Waals surface area contributed by atoms with E-state index in [1.54, 1.807) is 0 Å². The highest BCUT2D eigenvalue weighted by atomic mass is 32.2. The van der Waals surface area contributed by atoms with Gasteiger partial charge in [-0.2, -0.15) is 0 Å². The summed E-state index contributed by atoms with van der Waals surface area (Å²) in [5.74, 6) is -0.845. The quantitative estimate of drug-likeness (QED) is 0.683. The summed E-state index contributed by atoms with van der Waals surface area (Å²) in [4.78, 5) is 15.2. The molecule has 0 saturated heterocycles. The smallest absolute Gasteiger partial charge is 0.313 e. The Balaban J connectivity index is 2.29. The number of hydrogen-bond donors (Lipinski definition) is 1. The molecule has 0 unspecified atom stereocenters. The SMILES string of the molecule is O=C(O)CSC(=Nc1ccccc1)c1ccccc1. The number of carbonyl (C=O) groups is 1. The van der Waals surface area contributed by atoms with Gasteiger partial charge in [0.15, 0.2) is 0 Å². The van der Waals surface area contributed by atoms with Crippen molar-refractivity contribution >= 4 is 28.5 Å². The average molecular weight is 271 g/mol. The molecule has 2 aromatic rings. The van der Waals surface area contributed by atoms with Gasteiger partial charge in [0, 0.05) is 5.56 Å². The Bertz CT molecular complexity index is 567. The summed E-state index contributed by atoms with van der Waals surface area (Å²) in [6.07, 6.45) is 0. The fourth-order valence-electron chi connectivity index (χ4n) is 1.51. The van der Waals surface area contributed by atoms with Crippen LogP contribution in [-0.4, -0.2) is 21.9 Å². The number of nitrogens with zero attached hydrogens (tertiary/aromatic N) is 1. The molecule has 96 valence electrons. The lowest BCUT2D eigenvalue weighted by molar-refractivity contribution is -0.133. The molecule has 0 amide bonds. The Kier molecular flexibility index (Phi) is 4.75. The molecule has 0 saturated carbocycles. The summed E-state index contributed by atoms with van der Waals surface area (Å²) in [6.45, 7) is 0. The number of aliphatic imine (C=N–C) groups is 1. The zero-order valence-corrected chi connectivity index (χ0v) is 11.0. The summed E-state index contributed by atoms with van der Waals surface area (Å²) >= 11 is 1.23. The number of thioether (sulfide) groups is 1. The Hall–Kier alpha value is -2.07. The number of carboxylic acid groups (broad SMARTS) is 1. The second kappa shape index (κ2) is 6.75. The van der Waals surface area contributed by atoms with Crippen LogP contribution in [0.1, 0.15) is 5.56 Å². The average Bonchev–Trinajstić information content (AvgIpc) is 2.45. The van der Waals surface area contributed by atoms with Crippen molar-refractivity contribution in [2.45, 2.75) is 0 Å². The third kappa shape index (κ3) is 4.26. The molecule has 0 atom stereocenters. The van der Waals surface area contributed by atoms with E-state index in [0.717, 1.165) is 11.3 Å². The first-order valence-corrected chi connectivity index (χ1v) is 6.78. The lowest BCUT2D eigenvalue weighted by atomic mass is 10.2. The minimum Gasteiger partial charge on any atom is -0.481 e. The van der Waals surface area contributed by atoms with Gasteiger partial charge in [-0.25, -0.2) is 4.99 Å². The standard InChI is InChI=1S/C15H13NO2S/c17-14(18)11-19-15(12-7-3-1-4-8-12)16-13-9-5-2-6-10-13/h1-10H,11H2,(H,17,18). The van der Waals surface area contributed by atoms with Gasteiger partial charge >= 0.3 is 5.97 Å². The van der Waals surface area contributed by atoms with Crippen LogP contribution in [0.5, 0.6) is 0 Å². The topological polar surface area (TPSA) is 49.7 Å². The van der Waals surface area contributed by atoms with Gasteiger partial charge < -0.3 is 5.11 Å². The minimum atomic E-state index is -0.846. The molecule has 0 spiro atoms. The number of hydrogen-bond acceptors (Lipinski definition) is 3. The summed E-state index contributed by atoms with van der Waals surface area (Å²) in [5.41, 5.74) is 1.75. The van der Waals surface area contributed by atoms with Crippen molar-refractivity contribution in [1.82, 2.24) is 0 Å². The Morgan fingerprint density at radius 2 is 1.58 bits per heavy atom. The van der Waals surface area contributed by atoms with Gasteiger partial charge in [0.2, 0.25) is 0 Å².